The molecule has 0 saturated heterocycles. The third kappa shape index (κ3) is 5.76. The topological polar surface area (TPSA) is 130 Å². The van der Waals surface area contributed by atoms with Gasteiger partial charge in [-0.25, -0.2) is 13.1 Å². The van der Waals surface area contributed by atoms with E-state index >= 15 is 0 Å². The number of nitrogens with one attached hydrogen (secondary N) is 3. The molecule has 0 fully saturated rings. The van der Waals surface area contributed by atoms with Crippen LogP contribution >= 0.6 is 0 Å². The van der Waals surface area contributed by atoms with Crippen LogP contribution in [0.15, 0.2) is 53.4 Å². The molecule has 3 N–H and O–H groups in total. The maximum atomic E-state index is 11.9. The number of carbonyl (C=O) groups is 1. The van der Waals surface area contributed by atoms with Gasteiger partial charge in [-0.2, -0.15) is 0 Å². The van der Waals surface area contributed by atoms with Crippen LogP contribution in [0.5, 0.6) is 0 Å². The van der Waals surface area contributed by atoms with Crippen LogP contribution in [0.4, 0.5) is 11.4 Å². The fourth-order valence-corrected chi connectivity index (χ4v) is 3.02. The van der Waals surface area contributed by atoms with E-state index < -0.39 is 14.9 Å². The largest absolute Gasteiger partial charge is 0.379 e. The summed E-state index contributed by atoms with van der Waals surface area (Å²) >= 11 is 0. The molecule has 0 radical (unpaired) electrons. The van der Waals surface area contributed by atoms with Crippen molar-refractivity contribution in [3.8, 4) is 0 Å². The lowest BCUT2D eigenvalue weighted by molar-refractivity contribution is -0.384. The average molecular weight is 392 g/mol. The van der Waals surface area contributed by atoms with E-state index in [9.17, 15) is 23.3 Å². The molecule has 0 bridgehead atoms. The molecular weight excluding hydrogens is 372 g/mol. The van der Waals surface area contributed by atoms with E-state index in [1.165, 1.54) is 25.2 Å². The lowest BCUT2D eigenvalue weighted by Gasteiger charge is -2.08. The smallest absolute Gasteiger partial charge is 0.292 e. The number of hydrogen-bond acceptors (Lipinski definition) is 6. The van der Waals surface area contributed by atoms with Crippen LogP contribution in [-0.2, 0) is 21.4 Å². The second-order valence-corrected chi connectivity index (χ2v) is 7.47. The molecule has 10 heteroatoms. The number of rotatable bonds is 9. The molecule has 0 aromatic heterocycles. The van der Waals surface area contributed by atoms with Gasteiger partial charge in [0.1, 0.15) is 5.69 Å². The molecular formula is C17H20N4O5S. The number of nitro benzene ring substituents is 1. The van der Waals surface area contributed by atoms with E-state index in [0.29, 0.717) is 5.69 Å². The monoisotopic (exact) mass is 392 g/mol. The van der Waals surface area contributed by atoms with Crippen molar-refractivity contribution >= 4 is 27.3 Å². The van der Waals surface area contributed by atoms with Crippen molar-refractivity contribution < 1.29 is 18.1 Å². The van der Waals surface area contributed by atoms with Gasteiger partial charge >= 0.3 is 0 Å². The van der Waals surface area contributed by atoms with Crippen LogP contribution in [0.2, 0.25) is 0 Å². The number of nitro groups is 1. The van der Waals surface area contributed by atoms with Crippen molar-refractivity contribution in [2.75, 3.05) is 18.9 Å². The standard InChI is InChI=1S/C17H20N4O5S/c1-18-27(25,26)14-8-6-13(7-9-14)12-20-17(22)10-11-19-15-4-2-3-5-16(15)21(23)24/h2-9,18-19H,10-12H2,1H3,(H,20,22). The summed E-state index contributed by atoms with van der Waals surface area (Å²) in [5.74, 6) is -0.229. The molecule has 0 saturated carbocycles. The Bertz CT molecular complexity index is 913. The molecule has 27 heavy (non-hydrogen) atoms. The highest BCUT2D eigenvalue weighted by atomic mass is 32.2. The highest BCUT2D eigenvalue weighted by molar-refractivity contribution is 7.89. The van der Waals surface area contributed by atoms with E-state index in [1.54, 1.807) is 30.3 Å². The summed E-state index contributed by atoms with van der Waals surface area (Å²) in [7, 11) is -2.15. The van der Waals surface area contributed by atoms with Gasteiger partial charge in [-0.1, -0.05) is 24.3 Å². The summed E-state index contributed by atoms with van der Waals surface area (Å²) in [5, 5.41) is 16.5. The first-order valence-corrected chi connectivity index (χ1v) is 9.58. The van der Waals surface area contributed by atoms with Gasteiger partial charge in [0.25, 0.3) is 5.69 Å². The van der Waals surface area contributed by atoms with Gasteiger partial charge in [0.15, 0.2) is 0 Å². The minimum Gasteiger partial charge on any atom is -0.379 e. The van der Waals surface area contributed by atoms with Crippen molar-refractivity contribution in [2.24, 2.45) is 0 Å². The first-order valence-electron chi connectivity index (χ1n) is 8.10. The number of anilines is 1. The molecule has 0 unspecified atom stereocenters. The molecule has 0 aliphatic rings. The molecule has 2 aromatic carbocycles. The summed E-state index contributed by atoms with van der Waals surface area (Å²) in [6.45, 7) is 0.500. The summed E-state index contributed by atoms with van der Waals surface area (Å²) < 4.78 is 25.5. The Balaban J connectivity index is 1.81. The fourth-order valence-electron chi connectivity index (χ4n) is 2.29. The zero-order valence-corrected chi connectivity index (χ0v) is 15.5. The van der Waals surface area contributed by atoms with Crippen LogP contribution in [-0.4, -0.2) is 32.8 Å². The van der Waals surface area contributed by atoms with Gasteiger partial charge in [0.2, 0.25) is 15.9 Å². The van der Waals surface area contributed by atoms with Crippen LogP contribution in [0.25, 0.3) is 0 Å². The highest BCUT2D eigenvalue weighted by Crippen LogP contribution is 2.22. The molecule has 1 amide bonds. The summed E-state index contributed by atoms with van der Waals surface area (Å²) in [5.41, 5.74) is 1.07. The average Bonchev–Trinajstić information content (AvgIpc) is 2.67. The Morgan fingerprint density at radius 1 is 1.11 bits per heavy atom. The number of sulfonamides is 1. The second kappa shape index (κ2) is 9.10. The van der Waals surface area contributed by atoms with Crippen LogP contribution in [0.1, 0.15) is 12.0 Å². The number of amides is 1. The number of benzene rings is 2. The molecule has 2 rings (SSSR count). The van der Waals surface area contributed by atoms with Gasteiger partial charge in [-0.15, -0.1) is 0 Å². The number of para-hydroxylation sites is 2. The first-order chi connectivity index (χ1) is 12.8. The lowest BCUT2D eigenvalue weighted by Crippen LogP contribution is -2.25. The van der Waals surface area contributed by atoms with Crippen molar-refractivity contribution in [3.05, 3.63) is 64.2 Å². The van der Waals surface area contributed by atoms with Gasteiger partial charge in [-0.3, -0.25) is 14.9 Å². The Hall–Kier alpha value is -2.98. The quantitative estimate of drug-likeness (QED) is 0.439. The lowest BCUT2D eigenvalue weighted by atomic mass is 10.2. The molecule has 2 aromatic rings. The molecule has 0 atom stereocenters. The van der Waals surface area contributed by atoms with E-state index in [-0.39, 0.29) is 36.0 Å². The third-order valence-electron chi connectivity index (χ3n) is 3.76. The Labute approximate surface area is 157 Å². The first kappa shape index (κ1) is 20.3. The molecule has 0 spiro atoms. The second-order valence-electron chi connectivity index (χ2n) is 5.58. The number of hydrogen-bond donors (Lipinski definition) is 3. The third-order valence-corrected chi connectivity index (χ3v) is 5.19. The van der Waals surface area contributed by atoms with Crippen molar-refractivity contribution in [1.82, 2.24) is 10.0 Å². The van der Waals surface area contributed by atoms with Crippen LogP contribution < -0.4 is 15.4 Å². The predicted octanol–water partition coefficient (Wildman–Crippen LogP) is 1.62. The Morgan fingerprint density at radius 2 is 1.78 bits per heavy atom. The minimum atomic E-state index is -3.49. The van der Waals surface area contributed by atoms with Gasteiger partial charge in [0.05, 0.1) is 9.82 Å². The molecule has 144 valence electrons. The summed E-state index contributed by atoms with van der Waals surface area (Å²) in [6.07, 6.45) is 0.137. The van der Waals surface area contributed by atoms with Crippen molar-refractivity contribution in [2.45, 2.75) is 17.9 Å². The zero-order valence-electron chi connectivity index (χ0n) is 14.6. The highest BCUT2D eigenvalue weighted by Gasteiger charge is 2.12. The predicted molar refractivity (Wildman–Crippen MR) is 101 cm³/mol. The van der Waals surface area contributed by atoms with Crippen molar-refractivity contribution in [1.29, 1.82) is 0 Å². The SMILES string of the molecule is CNS(=O)(=O)c1ccc(CNC(=O)CCNc2ccccc2[N+](=O)[O-])cc1. The van der Waals surface area contributed by atoms with Gasteiger partial charge in [0, 0.05) is 25.6 Å². The number of nitrogens with zero attached hydrogens (tertiary/aromatic N) is 1. The number of carbonyl (C=O) groups excluding carboxylic acids is 1. The van der Waals surface area contributed by atoms with Crippen molar-refractivity contribution in [3.63, 3.8) is 0 Å². The van der Waals surface area contributed by atoms with Crippen LogP contribution in [0, 0.1) is 10.1 Å². The van der Waals surface area contributed by atoms with Gasteiger partial charge < -0.3 is 10.6 Å². The molecule has 9 nitrogen and oxygen atoms in total. The zero-order chi connectivity index (χ0) is 19.9. The molecule has 0 aliphatic carbocycles. The maximum absolute atomic E-state index is 11.9. The normalized spacial score (nSPS) is 11.0. The van der Waals surface area contributed by atoms with E-state index in [2.05, 4.69) is 15.4 Å². The fraction of sp³-hybridized carbons (Fsp3) is 0.235. The summed E-state index contributed by atoms with van der Waals surface area (Å²) in [4.78, 5) is 22.5. The van der Waals surface area contributed by atoms with Crippen LogP contribution in [0.3, 0.4) is 0 Å². The van der Waals surface area contributed by atoms with Gasteiger partial charge in [-0.05, 0) is 30.8 Å². The molecule has 0 aliphatic heterocycles. The van der Waals surface area contributed by atoms with E-state index in [0.717, 1.165) is 5.56 Å². The minimum absolute atomic E-state index is 0.0467. The Morgan fingerprint density at radius 3 is 2.41 bits per heavy atom. The Kier molecular flexibility index (Phi) is 6.85. The maximum Gasteiger partial charge on any atom is 0.292 e. The summed E-state index contributed by atoms with van der Waals surface area (Å²) in [6, 6.07) is 12.4. The van der Waals surface area contributed by atoms with E-state index in [1.807, 2.05) is 0 Å². The molecule has 0 heterocycles. The van der Waals surface area contributed by atoms with E-state index in [4.69, 9.17) is 0 Å².